The first-order valence-corrected chi connectivity index (χ1v) is 6.58. The van der Waals surface area contributed by atoms with Crippen molar-refractivity contribution in [3.63, 3.8) is 0 Å². The molecule has 1 aliphatic rings. The summed E-state index contributed by atoms with van der Waals surface area (Å²) in [6.45, 7) is 1.81. The van der Waals surface area contributed by atoms with E-state index in [1.54, 1.807) is 6.07 Å². The van der Waals surface area contributed by atoms with Crippen LogP contribution in [0.5, 0.6) is 0 Å². The molecular formula is C13H15ClN2O4. The molecule has 6 nitrogen and oxygen atoms in total. The van der Waals surface area contributed by atoms with Crippen LogP contribution in [-0.4, -0.2) is 42.8 Å². The van der Waals surface area contributed by atoms with Gasteiger partial charge in [-0.3, -0.25) is 4.79 Å². The number of amides is 1. The Morgan fingerprint density at radius 1 is 1.50 bits per heavy atom. The second-order valence-electron chi connectivity index (χ2n) is 4.45. The van der Waals surface area contributed by atoms with Gasteiger partial charge in [-0.1, -0.05) is 17.7 Å². The molecule has 0 radical (unpaired) electrons. The van der Waals surface area contributed by atoms with Gasteiger partial charge in [-0.15, -0.1) is 0 Å². The molecule has 0 spiro atoms. The van der Waals surface area contributed by atoms with Gasteiger partial charge in [0.05, 0.1) is 23.9 Å². The van der Waals surface area contributed by atoms with Crippen LogP contribution in [0.25, 0.3) is 0 Å². The largest absolute Gasteiger partial charge is 0.478 e. The number of morpholine rings is 1. The lowest BCUT2D eigenvalue weighted by Crippen LogP contribution is -2.43. The molecule has 1 fully saturated rings. The summed E-state index contributed by atoms with van der Waals surface area (Å²) in [6, 6.07) is 4.51. The molecule has 1 aromatic rings. The number of carboxylic acids is 1. The fourth-order valence-corrected chi connectivity index (χ4v) is 2.28. The zero-order chi connectivity index (χ0) is 14.5. The highest BCUT2D eigenvalue weighted by Gasteiger charge is 2.20. The number of hydrogen-bond donors (Lipinski definition) is 3. The number of aromatic carboxylic acids is 1. The molecule has 0 bridgehead atoms. The van der Waals surface area contributed by atoms with E-state index in [0.717, 1.165) is 0 Å². The molecule has 7 heteroatoms. The van der Waals surface area contributed by atoms with Gasteiger partial charge in [0.25, 0.3) is 0 Å². The average molecular weight is 299 g/mol. The summed E-state index contributed by atoms with van der Waals surface area (Å²) in [6.07, 6.45) is 0.214. The SMILES string of the molecule is O=C(CC1COCCN1)Nc1cccc(Cl)c1C(=O)O. The van der Waals surface area contributed by atoms with Crippen molar-refractivity contribution >= 4 is 29.2 Å². The van der Waals surface area contributed by atoms with Gasteiger partial charge in [0.15, 0.2) is 0 Å². The standard InChI is InChI=1S/C13H15ClN2O4/c14-9-2-1-3-10(12(9)13(18)19)16-11(17)6-8-7-20-5-4-15-8/h1-3,8,15H,4-7H2,(H,16,17)(H,18,19). The zero-order valence-electron chi connectivity index (χ0n) is 10.7. The quantitative estimate of drug-likeness (QED) is 0.781. The first kappa shape index (κ1) is 14.8. The van der Waals surface area contributed by atoms with Gasteiger partial charge in [0.2, 0.25) is 5.91 Å². The molecule has 1 aliphatic heterocycles. The molecule has 1 heterocycles. The topological polar surface area (TPSA) is 87.7 Å². The number of carbonyl (C=O) groups is 2. The number of carboxylic acid groups (broad SMARTS) is 1. The highest BCUT2D eigenvalue weighted by molar-refractivity contribution is 6.34. The summed E-state index contributed by atoms with van der Waals surface area (Å²) >= 11 is 5.84. The van der Waals surface area contributed by atoms with Crippen molar-refractivity contribution < 1.29 is 19.4 Å². The molecule has 1 saturated heterocycles. The van der Waals surface area contributed by atoms with Crippen molar-refractivity contribution in [3.8, 4) is 0 Å². The Morgan fingerprint density at radius 3 is 2.95 bits per heavy atom. The fraction of sp³-hybridized carbons (Fsp3) is 0.385. The van der Waals surface area contributed by atoms with E-state index >= 15 is 0 Å². The van der Waals surface area contributed by atoms with Gasteiger partial charge < -0.3 is 20.5 Å². The third kappa shape index (κ3) is 3.69. The number of hydrogen-bond acceptors (Lipinski definition) is 4. The predicted molar refractivity (Wildman–Crippen MR) is 74.3 cm³/mol. The average Bonchev–Trinajstić information content (AvgIpc) is 2.39. The molecule has 108 valence electrons. The van der Waals surface area contributed by atoms with Crippen LogP contribution >= 0.6 is 11.6 Å². The zero-order valence-corrected chi connectivity index (χ0v) is 11.4. The smallest absolute Gasteiger partial charge is 0.339 e. The van der Waals surface area contributed by atoms with Crippen LogP contribution in [0.15, 0.2) is 18.2 Å². The molecule has 1 unspecified atom stereocenters. The van der Waals surface area contributed by atoms with Crippen LogP contribution in [0.1, 0.15) is 16.8 Å². The Bertz CT molecular complexity index is 515. The van der Waals surface area contributed by atoms with E-state index < -0.39 is 5.97 Å². The van der Waals surface area contributed by atoms with Crippen molar-refractivity contribution in [1.82, 2.24) is 5.32 Å². The normalized spacial score (nSPS) is 18.6. The Hall–Kier alpha value is -1.63. The highest BCUT2D eigenvalue weighted by Crippen LogP contribution is 2.24. The molecule has 3 N–H and O–H groups in total. The summed E-state index contributed by atoms with van der Waals surface area (Å²) < 4.78 is 5.26. The first-order valence-electron chi connectivity index (χ1n) is 6.20. The summed E-state index contributed by atoms with van der Waals surface area (Å²) in [4.78, 5) is 23.1. The monoisotopic (exact) mass is 298 g/mol. The number of nitrogens with one attached hydrogen (secondary N) is 2. The van der Waals surface area contributed by atoms with Gasteiger partial charge in [0, 0.05) is 19.0 Å². The van der Waals surface area contributed by atoms with E-state index in [0.29, 0.717) is 19.8 Å². The van der Waals surface area contributed by atoms with E-state index in [1.165, 1.54) is 12.1 Å². The third-order valence-electron chi connectivity index (χ3n) is 2.93. The van der Waals surface area contributed by atoms with Crippen molar-refractivity contribution in [2.24, 2.45) is 0 Å². The summed E-state index contributed by atoms with van der Waals surface area (Å²) in [7, 11) is 0. The molecule has 0 saturated carbocycles. The third-order valence-corrected chi connectivity index (χ3v) is 3.25. The van der Waals surface area contributed by atoms with Gasteiger partial charge >= 0.3 is 5.97 Å². The lowest BCUT2D eigenvalue weighted by atomic mass is 10.1. The number of ether oxygens (including phenoxy) is 1. The predicted octanol–water partition coefficient (Wildman–Crippen LogP) is 1.36. The van der Waals surface area contributed by atoms with Gasteiger partial charge in [0.1, 0.15) is 5.56 Å². The van der Waals surface area contributed by atoms with Crippen molar-refractivity contribution in [2.75, 3.05) is 25.1 Å². The lowest BCUT2D eigenvalue weighted by molar-refractivity contribution is -0.117. The molecule has 0 aliphatic carbocycles. The van der Waals surface area contributed by atoms with Crippen molar-refractivity contribution in [2.45, 2.75) is 12.5 Å². The Morgan fingerprint density at radius 2 is 2.30 bits per heavy atom. The summed E-state index contributed by atoms with van der Waals surface area (Å²) in [5.74, 6) is -1.46. The van der Waals surface area contributed by atoms with Crippen LogP contribution in [0, 0.1) is 0 Å². The maximum atomic E-state index is 11.9. The fourth-order valence-electron chi connectivity index (χ4n) is 2.02. The van der Waals surface area contributed by atoms with Crippen LogP contribution < -0.4 is 10.6 Å². The number of carbonyl (C=O) groups excluding carboxylic acids is 1. The minimum Gasteiger partial charge on any atom is -0.478 e. The molecule has 20 heavy (non-hydrogen) atoms. The van der Waals surface area contributed by atoms with Crippen LogP contribution in [-0.2, 0) is 9.53 Å². The van der Waals surface area contributed by atoms with E-state index in [1.807, 2.05) is 0 Å². The molecule has 1 atom stereocenters. The Kier molecular flexibility index (Phi) is 4.94. The highest BCUT2D eigenvalue weighted by atomic mass is 35.5. The van der Waals surface area contributed by atoms with E-state index in [2.05, 4.69) is 10.6 Å². The van der Waals surface area contributed by atoms with E-state index in [9.17, 15) is 9.59 Å². The molecule has 1 amide bonds. The summed E-state index contributed by atoms with van der Waals surface area (Å²) in [5.41, 5.74) is 0.0992. The van der Waals surface area contributed by atoms with Gasteiger partial charge in [-0.25, -0.2) is 4.79 Å². The molecule has 1 aromatic carbocycles. The van der Waals surface area contributed by atoms with Gasteiger partial charge in [-0.05, 0) is 12.1 Å². The van der Waals surface area contributed by atoms with Crippen molar-refractivity contribution in [1.29, 1.82) is 0 Å². The summed E-state index contributed by atoms with van der Waals surface area (Å²) in [5, 5.41) is 14.9. The minimum atomic E-state index is -1.18. The van der Waals surface area contributed by atoms with Crippen LogP contribution in [0.3, 0.4) is 0 Å². The minimum absolute atomic E-state index is 0.0591. The van der Waals surface area contributed by atoms with Gasteiger partial charge in [-0.2, -0.15) is 0 Å². The van der Waals surface area contributed by atoms with E-state index in [4.69, 9.17) is 21.4 Å². The molecule has 0 aromatic heterocycles. The maximum Gasteiger partial charge on any atom is 0.339 e. The number of halogens is 1. The van der Waals surface area contributed by atoms with E-state index in [-0.39, 0.29) is 34.6 Å². The van der Waals surface area contributed by atoms with Crippen LogP contribution in [0.4, 0.5) is 5.69 Å². The number of anilines is 1. The number of rotatable bonds is 4. The van der Waals surface area contributed by atoms with Crippen LogP contribution in [0.2, 0.25) is 5.02 Å². The lowest BCUT2D eigenvalue weighted by Gasteiger charge is -2.23. The second kappa shape index (κ2) is 6.69. The molecular weight excluding hydrogens is 284 g/mol. The maximum absolute atomic E-state index is 11.9. The second-order valence-corrected chi connectivity index (χ2v) is 4.85. The molecule has 2 rings (SSSR count). The van der Waals surface area contributed by atoms with Crippen molar-refractivity contribution in [3.05, 3.63) is 28.8 Å². The Balaban J connectivity index is 2.04. The Labute approximate surface area is 121 Å². The first-order chi connectivity index (χ1) is 9.58. The number of benzene rings is 1.